The fraction of sp³-hybridized carbons (Fsp3) is 0.864. The Bertz CT molecular complexity index is 615. The highest BCUT2D eigenvalue weighted by Gasteiger charge is 2.52. The van der Waals surface area contributed by atoms with E-state index < -0.39 is 11.6 Å². The summed E-state index contributed by atoms with van der Waals surface area (Å²) in [6.45, 7) is 8.91. The number of hydrogen-bond acceptors (Lipinski definition) is 3. The highest BCUT2D eigenvalue weighted by molar-refractivity contribution is 6.09. The van der Waals surface area contributed by atoms with Crippen LogP contribution in [0.15, 0.2) is 0 Å². The molecule has 3 rings (SSSR count). The molecule has 1 aliphatic heterocycles. The standard InChI is InChI=1S/C22H37N3O3/c1-5-21(3,4)16-6-8-17(9-7-16)23-18(26)14-25-19(27)22(24-20(25)28)12-10-15(2)11-13-22/h15-17H,5-14H2,1-4H3,(H,23,26)(H,24,28). The zero-order chi connectivity index (χ0) is 20.5. The number of nitrogens with zero attached hydrogens (tertiary/aromatic N) is 1. The van der Waals surface area contributed by atoms with E-state index in [2.05, 4.69) is 38.3 Å². The first-order valence-corrected chi connectivity index (χ1v) is 11.1. The Hall–Kier alpha value is -1.59. The van der Waals surface area contributed by atoms with Gasteiger partial charge in [-0.3, -0.25) is 14.5 Å². The van der Waals surface area contributed by atoms with E-state index in [1.165, 1.54) is 6.42 Å². The van der Waals surface area contributed by atoms with E-state index in [1.54, 1.807) is 0 Å². The van der Waals surface area contributed by atoms with Gasteiger partial charge in [-0.05, 0) is 68.6 Å². The van der Waals surface area contributed by atoms with Crippen molar-refractivity contribution >= 4 is 17.8 Å². The van der Waals surface area contributed by atoms with Crippen LogP contribution < -0.4 is 10.6 Å². The van der Waals surface area contributed by atoms with Gasteiger partial charge in [0, 0.05) is 6.04 Å². The van der Waals surface area contributed by atoms with Crippen LogP contribution >= 0.6 is 0 Å². The average molecular weight is 392 g/mol. The molecule has 0 bridgehead atoms. The molecule has 6 heteroatoms. The third-order valence-electron chi connectivity index (χ3n) is 7.78. The molecule has 1 heterocycles. The van der Waals surface area contributed by atoms with Crippen LogP contribution in [0.4, 0.5) is 4.79 Å². The Kier molecular flexibility index (Phi) is 6.06. The maximum absolute atomic E-state index is 12.9. The molecule has 2 saturated carbocycles. The van der Waals surface area contributed by atoms with Crippen LogP contribution in [0, 0.1) is 17.3 Å². The van der Waals surface area contributed by atoms with Crippen molar-refractivity contribution in [1.29, 1.82) is 0 Å². The minimum Gasteiger partial charge on any atom is -0.352 e. The summed E-state index contributed by atoms with van der Waals surface area (Å²) in [7, 11) is 0. The molecule has 0 aromatic heterocycles. The number of carbonyl (C=O) groups excluding carboxylic acids is 3. The van der Waals surface area contributed by atoms with Crippen molar-refractivity contribution in [2.75, 3.05) is 6.54 Å². The lowest BCUT2D eigenvalue weighted by Crippen LogP contribution is -2.50. The van der Waals surface area contributed by atoms with Crippen molar-refractivity contribution in [2.24, 2.45) is 17.3 Å². The number of carbonyl (C=O) groups is 3. The molecule has 3 fully saturated rings. The number of urea groups is 1. The lowest BCUT2D eigenvalue weighted by molar-refractivity contribution is -0.136. The fourth-order valence-electron chi connectivity index (χ4n) is 5.14. The average Bonchev–Trinajstić information content (AvgIpc) is 2.89. The van der Waals surface area contributed by atoms with Gasteiger partial charge in [-0.1, -0.05) is 34.1 Å². The van der Waals surface area contributed by atoms with Crippen LogP contribution in [0.3, 0.4) is 0 Å². The Labute approximate surface area is 169 Å². The summed E-state index contributed by atoms with van der Waals surface area (Å²) < 4.78 is 0. The highest BCUT2D eigenvalue weighted by atomic mass is 16.2. The Morgan fingerprint density at radius 2 is 1.75 bits per heavy atom. The van der Waals surface area contributed by atoms with Crippen molar-refractivity contribution < 1.29 is 14.4 Å². The zero-order valence-electron chi connectivity index (χ0n) is 18.0. The second-order valence-corrected chi connectivity index (χ2v) is 10.0. The monoisotopic (exact) mass is 391 g/mol. The minimum absolute atomic E-state index is 0.154. The number of imide groups is 1. The Morgan fingerprint density at radius 3 is 2.32 bits per heavy atom. The van der Waals surface area contributed by atoms with Crippen molar-refractivity contribution in [2.45, 2.75) is 97.1 Å². The molecule has 4 amide bonds. The molecule has 2 N–H and O–H groups in total. The van der Waals surface area contributed by atoms with Crippen molar-refractivity contribution in [3.05, 3.63) is 0 Å². The van der Waals surface area contributed by atoms with Gasteiger partial charge in [-0.25, -0.2) is 4.79 Å². The molecule has 0 radical (unpaired) electrons. The molecule has 3 aliphatic rings. The predicted molar refractivity (Wildman–Crippen MR) is 109 cm³/mol. The topological polar surface area (TPSA) is 78.5 Å². The first kappa shape index (κ1) is 21.1. The second-order valence-electron chi connectivity index (χ2n) is 10.0. The van der Waals surface area contributed by atoms with Gasteiger partial charge >= 0.3 is 6.03 Å². The summed E-state index contributed by atoms with van der Waals surface area (Å²) in [6, 6.07) is -0.259. The van der Waals surface area contributed by atoms with Crippen molar-refractivity contribution in [1.82, 2.24) is 15.5 Å². The molecule has 0 aromatic rings. The molecule has 158 valence electrons. The van der Waals surface area contributed by atoms with Crippen LogP contribution in [0.2, 0.25) is 0 Å². The third kappa shape index (κ3) is 4.20. The summed E-state index contributed by atoms with van der Waals surface area (Å²) in [5.74, 6) is 0.849. The quantitative estimate of drug-likeness (QED) is 0.703. The first-order valence-electron chi connectivity index (χ1n) is 11.1. The molecular formula is C22H37N3O3. The second kappa shape index (κ2) is 8.03. The zero-order valence-corrected chi connectivity index (χ0v) is 18.0. The normalized spacial score (nSPS) is 33.9. The van der Waals surface area contributed by atoms with E-state index in [1.807, 2.05) is 0 Å². The number of nitrogens with one attached hydrogen (secondary N) is 2. The van der Waals surface area contributed by atoms with Gasteiger partial charge in [0.1, 0.15) is 12.1 Å². The lowest BCUT2D eigenvalue weighted by atomic mass is 9.69. The molecular weight excluding hydrogens is 354 g/mol. The summed E-state index contributed by atoms with van der Waals surface area (Å²) in [5.41, 5.74) is -0.422. The molecule has 0 atom stereocenters. The molecule has 1 spiro atoms. The number of amides is 4. The maximum atomic E-state index is 12.9. The van der Waals surface area contributed by atoms with Crippen LogP contribution in [0.25, 0.3) is 0 Å². The first-order chi connectivity index (χ1) is 13.2. The van der Waals surface area contributed by atoms with Gasteiger partial charge in [0.15, 0.2) is 0 Å². The highest BCUT2D eigenvalue weighted by Crippen LogP contribution is 2.40. The predicted octanol–water partition coefficient (Wildman–Crippen LogP) is 3.60. The van der Waals surface area contributed by atoms with E-state index in [-0.39, 0.29) is 24.4 Å². The van der Waals surface area contributed by atoms with Crippen molar-refractivity contribution in [3.63, 3.8) is 0 Å². The minimum atomic E-state index is -0.770. The summed E-state index contributed by atoms with van der Waals surface area (Å²) in [6.07, 6.45) is 8.58. The van der Waals surface area contributed by atoms with E-state index in [4.69, 9.17) is 0 Å². The van der Waals surface area contributed by atoms with Gasteiger partial charge in [0.25, 0.3) is 5.91 Å². The van der Waals surface area contributed by atoms with Crippen molar-refractivity contribution in [3.8, 4) is 0 Å². The van der Waals surface area contributed by atoms with Gasteiger partial charge in [-0.2, -0.15) is 0 Å². The van der Waals surface area contributed by atoms with Gasteiger partial charge in [0.05, 0.1) is 0 Å². The maximum Gasteiger partial charge on any atom is 0.325 e. The van der Waals surface area contributed by atoms with E-state index in [0.717, 1.165) is 43.4 Å². The summed E-state index contributed by atoms with van der Waals surface area (Å²) in [5, 5.41) is 5.95. The third-order valence-corrected chi connectivity index (χ3v) is 7.78. The molecule has 6 nitrogen and oxygen atoms in total. The van der Waals surface area contributed by atoms with Gasteiger partial charge in [-0.15, -0.1) is 0 Å². The van der Waals surface area contributed by atoms with Crippen LogP contribution in [0.5, 0.6) is 0 Å². The molecule has 0 unspecified atom stereocenters. The van der Waals surface area contributed by atoms with E-state index >= 15 is 0 Å². The van der Waals surface area contributed by atoms with Gasteiger partial charge in [0.2, 0.25) is 5.91 Å². The lowest BCUT2D eigenvalue weighted by Gasteiger charge is -2.39. The Morgan fingerprint density at radius 1 is 1.14 bits per heavy atom. The largest absolute Gasteiger partial charge is 0.352 e. The van der Waals surface area contributed by atoms with Gasteiger partial charge < -0.3 is 10.6 Å². The summed E-state index contributed by atoms with van der Waals surface area (Å²) >= 11 is 0. The van der Waals surface area contributed by atoms with E-state index in [9.17, 15) is 14.4 Å². The Balaban J connectivity index is 1.50. The van der Waals surface area contributed by atoms with E-state index in [0.29, 0.717) is 30.1 Å². The molecule has 1 saturated heterocycles. The van der Waals surface area contributed by atoms with Crippen LogP contribution in [0.1, 0.15) is 85.5 Å². The molecule has 28 heavy (non-hydrogen) atoms. The molecule has 0 aromatic carbocycles. The SMILES string of the molecule is CCC(C)(C)C1CCC(NC(=O)CN2C(=O)NC3(CCC(C)CC3)C2=O)CC1. The number of rotatable bonds is 5. The van der Waals surface area contributed by atoms with Crippen LogP contribution in [-0.2, 0) is 9.59 Å². The number of hydrogen-bond donors (Lipinski definition) is 2. The smallest absolute Gasteiger partial charge is 0.325 e. The fourth-order valence-corrected chi connectivity index (χ4v) is 5.14. The molecule has 2 aliphatic carbocycles. The van der Waals surface area contributed by atoms with Crippen LogP contribution in [-0.4, -0.2) is 40.9 Å². The summed E-state index contributed by atoms with van der Waals surface area (Å²) in [4.78, 5) is 38.9.